The van der Waals surface area contributed by atoms with Crippen LogP contribution in [0.4, 0.5) is 18.9 Å². The average Bonchev–Trinajstić information content (AvgIpc) is 2.70. The minimum Gasteiger partial charge on any atom is -0.493 e. The summed E-state index contributed by atoms with van der Waals surface area (Å²) < 4.78 is 46.7. The normalized spacial score (nSPS) is 11.0. The molecule has 0 fully saturated rings. The molecular formula is C21H22ClF3N2O4. The number of nitrogens with one attached hydrogen (secondary N) is 2. The first-order valence-electron chi connectivity index (χ1n) is 9.26. The summed E-state index contributed by atoms with van der Waals surface area (Å²) in [5, 5.41) is 5.52. The van der Waals surface area contributed by atoms with Gasteiger partial charge in [0.2, 0.25) is 11.8 Å². The number of anilines is 1. The molecule has 0 saturated heterocycles. The van der Waals surface area contributed by atoms with Crippen molar-refractivity contribution in [3.05, 3.63) is 52.5 Å². The number of halogens is 4. The molecule has 10 heteroatoms. The zero-order valence-corrected chi connectivity index (χ0v) is 17.7. The summed E-state index contributed by atoms with van der Waals surface area (Å²) >= 11 is 6.05. The molecule has 0 atom stereocenters. The molecule has 2 amide bonds. The minimum atomic E-state index is -4.46. The van der Waals surface area contributed by atoms with Crippen molar-refractivity contribution < 1.29 is 32.2 Å². The lowest BCUT2D eigenvalue weighted by Crippen LogP contribution is -2.33. The number of carbonyl (C=O) groups is 2. The van der Waals surface area contributed by atoms with Gasteiger partial charge in [-0.15, -0.1) is 0 Å². The highest BCUT2D eigenvalue weighted by atomic mass is 35.5. The van der Waals surface area contributed by atoms with Crippen LogP contribution in [0.15, 0.2) is 36.4 Å². The highest BCUT2D eigenvalue weighted by molar-refractivity contribution is 6.33. The number of aryl methyl sites for hydroxylation is 2. The van der Waals surface area contributed by atoms with Crippen LogP contribution < -0.4 is 20.1 Å². The average molecular weight is 459 g/mol. The van der Waals surface area contributed by atoms with Gasteiger partial charge in [0.1, 0.15) is 0 Å². The molecule has 0 aromatic heterocycles. The van der Waals surface area contributed by atoms with Crippen LogP contribution in [-0.2, 0) is 16.0 Å². The molecule has 6 nitrogen and oxygen atoms in total. The number of methoxy groups -OCH3 is 1. The topological polar surface area (TPSA) is 76.7 Å². The molecule has 0 bridgehead atoms. The Hall–Kier alpha value is -2.94. The van der Waals surface area contributed by atoms with E-state index < -0.39 is 18.7 Å². The number of hydrogen-bond acceptors (Lipinski definition) is 4. The zero-order valence-electron chi connectivity index (χ0n) is 16.9. The fourth-order valence-electron chi connectivity index (χ4n) is 2.59. The summed E-state index contributed by atoms with van der Waals surface area (Å²) in [4.78, 5) is 24.0. The molecule has 2 N–H and O–H groups in total. The van der Waals surface area contributed by atoms with E-state index in [1.165, 1.54) is 19.2 Å². The number of rotatable bonds is 9. The van der Waals surface area contributed by atoms with E-state index in [1.807, 2.05) is 6.92 Å². The van der Waals surface area contributed by atoms with Gasteiger partial charge in [0.25, 0.3) is 0 Å². The van der Waals surface area contributed by atoms with Crippen molar-refractivity contribution in [1.29, 1.82) is 0 Å². The van der Waals surface area contributed by atoms with E-state index in [1.54, 1.807) is 24.3 Å². The molecule has 0 aliphatic carbocycles. The molecule has 168 valence electrons. The Morgan fingerprint density at radius 3 is 2.45 bits per heavy atom. The molecule has 0 radical (unpaired) electrons. The first-order valence-corrected chi connectivity index (χ1v) is 9.64. The van der Waals surface area contributed by atoms with Gasteiger partial charge in [-0.1, -0.05) is 23.7 Å². The lowest BCUT2D eigenvalue weighted by Gasteiger charge is -2.13. The zero-order chi connectivity index (χ0) is 23.0. The highest BCUT2D eigenvalue weighted by Crippen LogP contribution is 2.30. The van der Waals surface area contributed by atoms with Gasteiger partial charge in [0, 0.05) is 6.42 Å². The first kappa shape index (κ1) is 24.3. The van der Waals surface area contributed by atoms with Crippen molar-refractivity contribution in [2.75, 3.05) is 25.6 Å². The van der Waals surface area contributed by atoms with E-state index in [-0.39, 0.29) is 30.4 Å². The van der Waals surface area contributed by atoms with E-state index >= 15 is 0 Å². The predicted octanol–water partition coefficient (Wildman–Crippen LogP) is 4.29. The second kappa shape index (κ2) is 10.9. The Morgan fingerprint density at radius 1 is 1.06 bits per heavy atom. The molecule has 2 aromatic rings. The van der Waals surface area contributed by atoms with Crippen molar-refractivity contribution in [3.63, 3.8) is 0 Å². The Bertz CT molecular complexity index is 935. The summed E-state index contributed by atoms with van der Waals surface area (Å²) in [7, 11) is 1.31. The predicted molar refractivity (Wildman–Crippen MR) is 111 cm³/mol. The van der Waals surface area contributed by atoms with Gasteiger partial charge in [0.05, 0.1) is 24.4 Å². The molecule has 2 rings (SSSR count). The van der Waals surface area contributed by atoms with E-state index in [0.717, 1.165) is 5.56 Å². The maximum absolute atomic E-state index is 12.3. The maximum Gasteiger partial charge on any atom is 0.422 e. The van der Waals surface area contributed by atoms with Crippen LogP contribution in [0, 0.1) is 6.92 Å². The third-order valence-corrected chi connectivity index (χ3v) is 4.42. The molecule has 0 unspecified atom stereocenters. The molecule has 0 aliphatic rings. The van der Waals surface area contributed by atoms with Crippen LogP contribution in [0.3, 0.4) is 0 Å². The van der Waals surface area contributed by atoms with Crippen molar-refractivity contribution in [1.82, 2.24) is 5.32 Å². The van der Waals surface area contributed by atoms with Gasteiger partial charge in [-0.05, 0) is 48.7 Å². The van der Waals surface area contributed by atoms with Gasteiger partial charge in [-0.3, -0.25) is 9.59 Å². The van der Waals surface area contributed by atoms with E-state index in [4.69, 9.17) is 21.1 Å². The molecule has 31 heavy (non-hydrogen) atoms. The summed E-state index contributed by atoms with van der Waals surface area (Å²) in [6, 6.07) is 9.60. The summed E-state index contributed by atoms with van der Waals surface area (Å²) in [5.74, 6) is -0.690. The van der Waals surface area contributed by atoms with Gasteiger partial charge < -0.3 is 20.1 Å². The Balaban J connectivity index is 1.81. The van der Waals surface area contributed by atoms with Crippen molar-refractivity contribution in [2.45, 2.75) is 25.9 Å². The van der Waals surface area contributed by atoms with Crippen molar-refractivity contribution >= 4 is 29.1 Å². The number of benzene rings is 2. The van der Waals surface area contributed by atoms with Gasteiger partial charge in [-0.2, -0.15) is 13.2 Å². The van der Waals surface area contributed by atoms with Crippen LogP contribution >= 0.6 is 11.6 Å². The smallest absolute Gasteiger partial charge is 0.422 e. The molecule has 0 saturated carbocycles. The lowest BCUT2D eigenvalue weighted by atomic mass is 10.1. The first-order chi connectivity index (χ1) is 14.6. The summed E-state index contributed by atoms with van der Waals surface area (Å²) in [5.41, 5.74) is 2.07. The van der Waals surface area contributed by atoms with E-state index in [2.05, 4.69) is 10.6 Å². The van der Waals surface area contributed by atoms with Gasteiger partial charge in [0.15, 0.2) is 18.1 Å². The SMILES string of the molecule is COc1cc(CCC(=O)NCC(=O)Nc2ccc(C)cc2Cl)ccc1OCC(F)(F)F. The molecule has 0 aliphatic heterocycles. The van der Waals surface area contributed by atoms with Crippen LogP contribution in [-0.4, -0.2) is 38.3 Å². The number of ether oxygens (including phenoxy) is 2. The second-order valence-electron chi connectivity index (χ2n) is 6.70. The van der Waals surface area contributed by atoms with Crippen LogP contribution in [0.2, 0.25) is 5.02 Å². The molecular weight excluding hydrogens is 437 g/mol. The van der Waals surface area contributed by atoms with Crippen LogP contribution in [0.1, 0.15) is 17.5 Å². The lowest BCUT2D eigenvalue weighted by molar-refractivity contribution is -0.153. The van der Waals surface area contributed by atoms with Crippen molar-refractivity contribution in [3.8, 4) is 11.5 Å². The van der Waals surface area contributed by atoms with Crippen LogP contribution in [0.25, 0.3) is 0 Å². The number of hydrogen-bond donors (Lipinski definition) is 2. The third kappa shape index (κ3) is 8.37. The monoisotopic (exact) mass is 458 g/mol. The maximum atomic E-state index is 12.3. The Labute approximate surface area is 182 Å². The summed E-state index contributed by atoms with van der Waals surface area (Å²) in [6.45, 7) is 0.216. The fraction of sp³-hybridized carbons (Fsp3) is 0.333. The Morgan fingerprint density at radius 2 is 1.81 bits per heavy atom. The van der Waals surface area contributed by atoms with Gasteiger partial charge >= 0.3 is 6.18 Å². The van der Waals surface area contributed by atoms with Gasteiger partial charge in [-0.25, -0.2) is 0 Å². The molecule has 2 aromatic carbocycles. The third-order valence-electron chi connectivity index (χ3n) is 4.10. The van der Waals surface area contributed by atoms with E-state index in [0.29, 0.717) is 22.7 Å². The minimum absolute atomic E-state index is 0.0422. The standard InChI is InChI=1S/C21H22ClF3N2O4/c1-13-3-6-16(15(22)9-13)27-20(29)11-26-19(28)8-5-14-4-7-17(18(10-14)30-2)31-12-21(23,24)25/h3-4,6-7,9-10H,5,8,11-12H2,1-2H3,(H,26,28)(H,27,29). The van der Waals surface area contributed by atoms with Crippen LogP contribution in [0.5, 0.6) is 11.5 Å². The largest absolute Gasteiger partial charge is 0.493 e. The van der Waals surface area contributed by atoms with E-state index in [9.17, 15) is 22.8 Å². The number of carbonyl (C=O) groups excluding carboxylic acids is 2. The number of alkyl halides is 3. The second-order valence-corrected chi connectivity index (χ2v) is 7.10. The Kier molecular flexibility index (Phi) is 8.56. The highest BCUT2D eigenvalue weighted by Gasteiger charge is 2.29. The fourth-order valence-corrected chi connectivity index (χ4v) is 2.87. The number of amides is 2. The molecule has 0 spiro atoms. The molecule has 0 heterocycles. The summed E-state index contributed by atoms with van der Waals surface area (Å²) in [6.07, 6.45) is -4.09. The quantitative estimate of drug-likeness (QED) is 0.588. The van der Waals surface area contributed by atoms with Crippen molar-refractivity contribution in [2.24, 2.45) is 0 Å².